The molecule has 0 aromatic heterocycles. The maximum absolute atomic E-state index is 14.1. The highest BCUT2D eigenvalue weighted by atomic mass is 19.2. The van der Waals surface area contributed by atoms with Crippen molar-refractivity contribution in [1.29, 1.82) is 0 Å². The predicted octanol–water partition coefficient (Wildman–Crippen LogP) is 3.77. The molecule has 0 aliphatic carbocycles. The van der Waals surface area contributed by atoms with E-state index in [1.807, 2.05) is 11.8 Å². The molecular weight excluding hydrogens is 296 g/mol. The van der Waals surface area contributed by atoms with Gasteiger partial charge in [0.1, 0.15) is 0 Å². The zero-order valence-electron chi connectivity index (χ0n) is 12.8. The van der Waals surface area contributed by atoms with Gasteiger partial charge in [0.15, 0.2) is 23.3 Å². The summed E-state index contributed by atoms with van der Waals surface area (Å²) in [6.45, 7) is 4.64. The number of benzene rings is 1. The maximum Gasteiger partial charge on any atom is 0.166 e. The highest BCUT2D eigenvalue weighted by Gasteiger charge is 2.30. The number of unbranched alkanes of at least 4 members (excludes halogenated alkanes) is 2. The van der Waals surface area contributed by atoms with Crippen molar-refractivity contribution in [3.05, 3.63) is 34.9 Å². The molecule has 1 saturated heterocycles. The largest absolute Gasteiger partial charge is 0.314 e. The van der Waals surface area contributed by atoms with Gasteiger partial charge in [-0.2, -0.15) is 0 Å². The molecule has 0 bridgehead atoms. The van der Waals surface area contributed by atoms with Crippen molar-refractivity contribution in [2.45, 2.75) is 38.6 Å². The van der Waals surface area contributed by atoms with Crippen LogP contribution in [0.25, 0.3) is 0 Å². The van der Waals surface area contributed by atoms with Crippen molar-refractivity contribution < 1.29 is 17.6 Å². The first kappa shape index (κ1) is 17.2. The van der Waals surface area contributed by atoms with Crippen molar-refractivity contribution in [3.63, 3.8) is 0 Å². The summed E-state index contributed by atoms with van der Waals surface area (Å²) in [4.78, 5) is 1.91. The van der Waals surface area contributed by atoms with E-state index in [9.17, 15) is 17.6 Å². The van der Waals surface area contributed by atoms with Crippen LogP contribution in [0.3, 0.4) is 0 Å². The van der Waals surface area contributed by atoms with Crippen LogP contribution >= 0.6 is 0 Å². The minimum absolute atomic E-state index is 0.273. The first-order chi connectivity index (χ1) is 10.6. The first-order valence-corrected chi connectivity index (χ1v) is 7.84. The van der Waals surface area contributed by atoms with E-state index in [-0.39, 0.29) is 6.07 Å². The predicted molar refractivity (Wildman–Crippen MR) is 77.6 cm³/mol. The summed E-state index contributed by atoms with van der Waals surface area (Å²) >= 11 is 0. The van der Waals surface area contributed by atoms with Gasteiger partial charge in [-0.05, 0) is 6.42 Å². The Morgan fingerprint density at radius 1 is 1.05 bits per heavy atom. The molecule has 2 rings (SSSR count). The van der Waals surface area contributed by atoms with Crippen LogP contribution in [0.2, 0.25) is 0 Å². The lowest BCUT2D eigenvalue weighted by molar-refractivity contribution is 0.154. The second-order valence-electron chi connectivity index (χ2n) is 5.68. The molecule has 124 valence electrons. The molecule has 0 saturated carbocycles. The second-order valence-corrected chi connectivity index (χ2v) is 5.68. The van der Waals surface area contributed by atoms with Crippen molar-refractivity contribution in [2.24, 2.45) is 0 Å². The van der Waals surface area contributed by atoms with Crippen LogP contribution in [0.1, 0.15) is 44.2 Å². The normalized spacial score (nSPS) is 17.7. The fourth-order valence-electron chi connectivity index (χ4n) is 2.98. The standard InChI is InChI=1S/C16H22F4N2/c1-2-3-4-5-13(22-8-6-21-7-9-22)14-15(19)11(17)10-12(18)16(14)20/h10,13,21H,2-9H2,1H3/t13-/m0/s1. The van der Waals surface area contributed by atoms with Gasteiger partial charge in [-0.15, -0.1) is 0 Å². The zero-order chi connectivity index (χ0) is 16.1. The Labute approximate surface area is 128 Å². The molecule has 0 spiro atoms. The fourth-order valence-corrected chi connectivity index (χ4v) is 2.98. The van der Waals surface area contributed by atoms with Gasteiger partial charge in [0, 0.05) is 43.9 Å². The van der Waals surface area contributed by atoms with Gasteiger partial charge in [0.25, 0.3) is 0 Å². The van der Waals surface area contributed by atoms with E-state index in [0.717, 1.165) is 19.3 Å². The van der Waals surface area contributed by atoms with Crippen LogP contribution in [0, 0.1) is 23.3 Å². The van der Waals surface area contributed by atoms with Crippen molar-refractivity contribution in [3.8, 4) is 0 Å². The molecule has 2 nitrogen and oxygen atoms in total. The summed E-state index contributed by atoms with van der Waals surface area (Å²) < 4.78 is 55.3. The Morgan fingerprint density at radius 2 is 1.64 bits per heavy atom. The van der Waals surface area contributed by atoms with Crippen LogP contribution in [0.15, 0.2) is 6.07 Å². The number of nitrogens with one attached hydrogen (secondary N) is 1. The summed E-state index contributed by atoms with van der Waals surface area (Å²) in [5.41, 5.74) is -0.462. The summed E-state index contributed by atoms with van der Waals surface area (Å²) in [5, 5.41) is 3.16. The van der Waals surface area contributed by atoms with Gasteiger partial charge < -0.3 is 5.32 Å². The molecule has 1 N–H and O–H groups in total. The molecule has 1 aliphatic heterocycles. The van der Waals surface area contributed by atoms with Crippen LogP contribution in [-0.4, -0.2) is 31.1 Å². The molecule has 1 aromatic carbocycles. The third-order valence-corrected chi connectivity index (χ3v) is 4.15. The average Bonchev–Trinajstić information content (AvgIpc) is 2.52. The van der Waals surface area contributed by atoms with Crippen molar-refractivity contribution in [1.82, 2.24) is 10.2 Å². The number of hydrogen-bond donors (Lipinski definition) is 1. The van der Waals surface area contributed by atoms with Crippen molar-refractivity contribution in [2.75, 3.05) is 26.2 Å². The second kappa shape index (κ2) is 7.92. The highest BCUT2D eigenvalue weighted by Crippen LogP contribution is 2.33. The Morgan fingerprint density at radius 3 is 2.18 bits per heavy atom. The first-order valence-electron chi connectivity index (χ1n) is 7.84. The maximum atomic E-state index is 14.1. The van der Waals surface area contributed by atoms with E-state index >= 15 is 0 Å². The smallest absolute Gasteiger partial charge is 0.166 e. The molecule has 1 aliphatic rings. The minimum Gasteiger partial charge on any atom is -0.314 e. The minimum atomic E-state index is -1.33. The lowest BCUT2D eigenvalue weighted by Gasteiger charge is -2.35. The van der Waals surface area contributed by atoms with E-state index in [2.05, 4.69) is 5.32 Å². The number of nitrogens with zero attached hydrogens (tertiary/aromatic N) is 1. The van der Waals surface area contributed by atoms with Crippen LogP contribution < -0.4 is 5.32 Å². The number of rotatable bonds is 6. The molecule has 0 unspecified atom stereocenters. The van der Waals surface area contributed by atoms with E-state index in [1.54, 1.807) is 0 Å². The van der Waals surface area contributed by atoms with E-state index in [4.69, 9.17) is 0 Å². The van der Waals surface area contributed by atoms with Gasteiger partial charge in [0.05, 0.1) is 0 Å². The topological polar surface area (TPSA) is 15.3 Å². The summed E-state index contributed by atoms with van der Waals surface area (Å²) in [5.74, 6) is -5.19. The molecule has 1 atom stereocenters. The average molecular weight is 318 g/mol. The summed E-state index contributed by atoms with van der Waals surface area (Å²) in [6.07, 6.45) is 3.15. The molecule has 1 aromatic rings. The van der Waals surface area contributed by atoms with Gasteiger partial charge >= 0.3 is 0 Å². The Hall–Kier alpha value is -1.14. The summed E-state index contributed by atoms with van der Waals surface area (Å²) in [7, 11) is 0. The van der Waals surface area contributed by atoms with E-state index in [1.165, 1.54) is 0 Å². The van der Waals surface area contributed by atoms with E-state index < -0.39 is 34.9 Å². The molecule has 22 heavy (non-hydrogen) atoms. The Balaban J connectivity index is 2.35. The van der Waals surface area contributed by atoms with Crippen LogP contribution in [-0.2, 0) is 0 Å². The van der Waals surface area contributed by atoms with Crippen LogP contribution in [0.4, 0.5) is 17.6 Å². The quantitative estimate of drug-likeness (QED) is 0.488. The van der Waals surface area contributed by atoms with Gasteiger partial charge in [-0.1, -0.05) is 26.2 Å². The third-order valence-electron chi connectivity index (χ3n) is 4.15. The zero-order valence-corrected chi connectivity index (χ0v) is 12.8. The van der Waals surface area contributed by atoms with Gasteiger partial charge in [0.2, 0.25) is 0 Å². The molecule has 0 radical (unpaired) electrons. The number of halogens is 4. The molecule has 6 heteroatoms. The Bertz CT molecular complexity index is 475. The van der Waals surface area contributed by atoms with Crippen LogP contribution in [0.5, 0.6) is 0 Å². The monoisotopic (exact) mass is 318 g/mol. The fraction of sp³-hybridized carbons (Fsp3) is 0.625. The molecule has 1 heterocycles. The number of hydrogen-bond acceptors (Lipinski definition) is 2. The van der Waals surface area contributed by atoms with Gasteiger partial charge in [-0.25, -0.2) is 17.6 Å². The molecular formula is C16H22F4N2. The lowest BCUT2D eigenvalue weighted by Crippen LogP contribution is -2.45. The van der Waals surface area contributed by atoms with Gasteiger partial charge in [-0.3, -0.25) is 4.90 Å². The molecule has 0 amide bonds. The number of piperazine rings is 1. The lowest BCUT2D eigenvalue weighted by atomic mass is 9.96. The summed E-state index contributed by atoms with van der Waals surface area (Å²) in [6, 6.07) is -0.353. The van der Waals surface area contributed by atoms with E-state index in [0.29, 0.717) is 32.6 Å². The Kier molecular flexibility index (Phi) is 6.20. The van der Waals surface area contributed by atoms with Crippen molar-refractivity contribution >= 4 is 0 Å². The SMILES string of the molecule is CCCCC[C@@H](c1c(F)c(F)cc(F)c1F)N1CCNCC1. The molecule has 1 fully saturated rings. The highest BCUT2D eigenvalue weighted by molar-refractivity contribution is 5.26. The third kappa shape index (κ3) is 3.79.